The number of hydrogen-bond acceptors (Lipinski definition) is 5. The monoisotopic (exact) mass is 274 g/mol. The van der Waals surface area contributed by atoms with Crippen molar-refractivity contribution in [1.29, 1.82) is 0 Å². The first kappa shape index (κ1) is 14.0. The van der Waals surface area contributed by atoms with Gasteiger partial charge in [-0.15, -0.1) is 6.58 Å². The van der Waals surface area contributed by atoms with E-state index in [4.69, 9.17) is 4.74 Å². The van der Waals surface area contributed by atoms with Gasteiger partial charge in [0.05, 0.1) is 23.3 Å². The van der Waals surface area contributed by atoms with Gasteiger partial charge in [-0.3, -0.25) is 0 Å². The maximum Gasteiger partial charge on any atom is 0.346 e. The second-order valence-corrected chi connectivity index (χ2v) is 4.36. The molecule has 104 valence electrons. The Balaban J connectivity index is 1.98. The van der Waals surface area contributed by atoms with Crippen LogP contribution >= 0.6 is 0 Å². The molecule has 1 heterocycles. The number of allylic oxidation sites excluding steroid dienone is 1. The van der Waals surface area contributed by atoms with E-state index in [1.807, 2.05) is 6.08 Å². The zero-order valence-electron chi connectivity index (χ0n) is 10.9. The summed E-state index contributed by atoms with van der Waals surface area (Å²) in [7, 11) is 0. The van der Waals surface area contributed by atoms with Crippen LogP contribution in [0.3, 0.4) is 0 Å². The van der Waals surface area contributed by atoms with Crippen LogP contribution in [0.4, 0.5) is 0 Å². The highest BCUT2D eigenvalue weighted by molar-refractivity contribution is 6.15. The normalized spacial score (nSPS) is 12.8. The number of fused-ring (bicyclic) bond motifs is 1. The minimum absolute atomic E-state index is 0.108. The van der Waals surface area contributed by atoms with E-state index in [-0.39, 0.29) is 16.7 Å². The summed E-state index contributed by atoms with van der Waals surface area (Å²) in [5.74, 6) is -1.93. The molecule has 0 amide bonds. The molecule has 5 nitrogen and oxygen atoms in total. The predicted octanol–water partition coefficient (Wildman–Crippen LogP) is 2.51. The van der Waals surface area contributed by atoms with Crippen molar-refractivity contribution >= 4 is 17.9 Å². The molecule has 0 bridgehead atoms. The molecular formula is C15H14O5. The zero-order chi connectivity index (χ0) is 14.5. The van der Waals surface area contributed by atoms with Crippen molar-refractivity contribution in [3.63, 3.8) is 0 Å². The standard InChI is InChI=1S/C15H14O5/c1-2-3-4-5-8-19-13(16)10-6-7-11-12(9-10)15(18)20-14(11)17/h2,6-7,9H,1,3-5,8H2. The molecule has 0 unspecified atom stereocenters. The van der Waals surface area contributed by atoms with E-state index in [1.54, 1.807) is 0 Å². The van der Waals surface area contributed by atoms with Gasteiger partial charge in [0.2, 0.25) is 0 Å². The van der Waals surface area contributed by atoms with Crippen molar-refractivity contribution in [1.82, 2.24) is 0 Å². The Kier molecular flexibility index (Phi) is 4.30. The van der Waals surface area contributed by atoms with Gasteiger partial charge in [0.15, 0.2) is 0 Å². The number of benzene rings is 1. The Labute approximate surface area is 116 Å². The fourth-order valence-corrected chi connectivity index (χ4v) is 1.85. The molecule has 0 radical (unpaired) electrons. The number of carbonyl (C=O) groups is 3. The number of hydrogen-bond donors (Lipinski definition) is 0. The summed E-state index contributed by atoms with van der Waals surface area (Å²) in [6.45, 7) is 3.92. The predicted molar refractivity (Wildman–Crippen MR) is 70.5 cm³/mol. The van der Waals surface area contributed by atoms with Crippen molar-refractivity contribution in [2.24, 2.45) is 0 Å². The second-order valence-electron chi connectivity index (χ2n) is 4.36. The summed E-state index contributed by atoms with van der Waals surface area (Å²) in [6.07, 6.45) is 4.35. The Morgan fingerprint density at radius 3 is 2.70 bits per heavy atom. The molecule has 1 aromatic rings. The Bertz CT molecular complexity index is 574. The van der Waals surface area contributed by atoms with Gasteiger partial charge in [-0.05, 0) is 37.5 Å². The SMILES string of the molecule is C=CCCCCOC(=O)c1ccc2c(c1)C(=O)OC2=O. The molecule has 0 aromatic heterocycles. The van der Waals surface area contributed by atoms with E-state index in [2.05, 4.69) is 11.3 Å². The maximum absolute atomic E-state index is 11.8. The van der Waals surface area contributed by atoms with Crippen LogP contribution in [0.15, 0.2) is 30.9 Å². The van der Waals surface area contributed by atoms with E-state index >= 15 is 0 Å². The Morgan fingerprint density at radius 2 is 1.95 bits per heavy atom. The molecule has 2 rings (SSSR count). The van der Waals surface area contributed by atoms with Gasteiger partial charge in [0.1, 0.15) is 0 Å². The maximum atomic E-state index is 11.8. The molecule has 5 heteroatoms. The van der Waals surface area contributed by atoms with Gasteiger partial charge in [-0.2, -0.15) is 0 Å². The number of unbranched alkanes of at least 4 members (excludes halogenated alkanes) is 2. The number of esters is 3. The number of carbonyl (C=O) groups excluding carboxylic acids is 3. The zero-order valence-corrected chi connectivity index (χ0v) is 10.9. The average Bonchev–Trinajstić information content (AvgIpc) is 2.73. The fourth-order valence-electron chi connectivity index (χ4n) is 1.85. The lowest BCUT2D eigenvalue weighted by Gasteiger charge is -2.04. The van der Waals surface area contributed by atoms with E-state index < -0.39 is 17.9 Å². The highest BCUT2D eigenvalue weighted by Crippen LogP contribution is 2.21. The summed E-state index contributed by atoms with van der Waals surface area (Å²) in [5, 5.41) is 0. The van der Waals surface area contributed by atoms with Gasteiger partial charge >= 0.3 is 17.9 Å². The van der Waals surface area contributed by atoms with Crippen molar-refractivity contribution in [3.05, 3.63) is 47.5 Å². The van der Waals surface area contributed by atoms with Gasteiger partial charge in [-0.25, -0.2) is 14.4 Å². The molecule has 20 heavy (non-hydrogen) atoms. The minimum atomic E-state index is -0.731. The van der Waals surface area contributed by atoms with Crippen LogP contribution in [0.5, 0.6) is 0 Å². The largest absolute Gasteiger partial charge is 0.462 e. The highest BCUT2D eigenvalue weighted by atomic mass is 16.6. The number of rotatable bonds is 6. The van der Waals surface area contributed by atoms with E-state index in [0.29, 0.717) is 6.61 Å². The first-order valence-electron chi connectivity index (χ1n) is 6.32. The van der Waals surface area contributed by atoms with Crippen molar-refractivity contribution in [2.75, 3.05) is 6.61 Å². The lowest BCUT2D eigenvalue weighted by Crippen LogP contribution is -2.07. The molecule has 0 aliphatic carbocycles. The molecule has 1 aliphatic heterocycles. The third-order valence-electron chi connectivity index (χ3n) is 2.92. The minimum Gasteiger partial charge on any atom is -0.462 e. The van der Waals surface area contributed by atoms with Gasteiger partial charge < -0.3 is 9.47 Å². The first-order chi connectivity index (χ1) is 9.63. The Hall–Kier alpha value is -2.43. The van der Waals surface area contributed by atoms with Crippen LogP contribution in [0.1, 0.15) is 50.3 Å². The van der Waals surface area contributed by atoms with Crippen LogP contribution in [0.25, 0.3) is 0 Å². The quantitative estimate of drug-likeness (QED) is 0.345. The van der Waals surface area contributed by atoms with E-state index in [9.17, 15) is 14.4 Å². The van der Waals surface area contributed by atoms with E-state index in [0.717, 1.165) is 19.3 Å². The van der Waals surface area contributed by atoms with Crippen LogP contribution in [-0.2, 0) is 9.47 Å². The third-order valence-corrected chi connectivity index (χ3v) is 2.92. The Morgan fingerprint density at radius 1 is 1.20 bits per heavy atom. The van der Waals surface area contributed by atoms with Crippen LogP contribution in [0.2, 0.25) is 0 Å². The molecular weight excluding hydrogens is 260 g/mol. The molecule has 0 saturated carbocycles. The third kappa shape index (κ3) is 2.93. The smallest absolute Gasteiger partial charge is 0.346 e. The molecule has 0 fully saturated rings. The lowest BCUT2D eigenvalue weighted by atomic mass is 10.1. The summed E-state index contributed by atoms with van der Waals surface area (Å²) >= 11 is 0. The molecule has 0 saturated heterocycles. The lowest BCUT2D eigenvalue weighted by molar-refractivity contribution is 0.0442. The summed E-state index contributed by atoms with van der Waals surface area (Å²) in [5.41, 5.74) is 0.521. The molecule has 0 N–H and O–H groups in total. The summed E-state index contributed by atoms with van der Waals surface area (Å²) in [4.78, 5) is 34.4. The molecule has 0 spiro atoms. The van der Waals surface area contributed by atoms with Crippen LogP contribution in [-0.4, -0.2) is 24.5 Å². The molecule has 0 atom stereocenters. The van der Waals surface area contributed by atoms with Crippen molar-refractivity contribution in [2.45, 2.75) is 19.3 Å². The highest BCUT2D eigenvalue weighted by Gasteiger charge is 2.30. The van der Waals surface area contributed by atoms with Crippen molar-refractivity contribution < 1.29 is 23.9 Å². The number of ether oxygens (including phenoxy) is 2. The molecule has 1 aromatic carbocycles. The average molecular weight is 274 g/mol. The topological polar surface area (TPSA) is 69.7 Å². The van der Waals surface area contributed by atoms with Crippen LogP contribution in [0, 0.1) is 0 Å². The molecule has 1 aliphatic rings. The summed E-state index contributed by atoms with van der Waals surface area (Å²) < 4.78 is 9.54. The van der Waals surface area contributed by atoms with Gasteiger partial charge in [0.25, 0.3) is 0 Å². The fraction of sp³-hybridized carbons (Fsp3) is 0.267. The summed E-state index contributed by atoms with van der Waals surface area (Å²) in [6, 6.07) is 4.18. The van der Waals surface area contributed by atoms with Gasteiger partial charge in [0, 0.05) is 0 Å². The van der Waals surface area contributed by atoms with E-state index in [1.165, 1.54) is 18.2 Å². The number of cyclic esters (lactones) is 2. The van der Waals surface area contributed by atoms with Gasteiger partial charge in [-0.1, -0.05) is 6.08 Å². The van der Waals surface area contributed by atoms with Crippen LogP contribution < -0.4 is 0 Å². The second kappa shape index (κ2) is 6.14. The van der Waals surface area contributed by atoms with Crippen molar-refractivity contribution in [3.8, 4) is 0 Å². The first-order valence-corrected chi connectivity index (χ1v) is 6.32.